The third kappa shape index (κ3) is 5.54. The molecule has 2 N–H and O–H groups in total. The molecule has 1 aliphatic rings. The molecule has 3 rings (SSSR count). The van der Waals surface area contributed by atoms with Gasteiger partial charge in [-0.25, -0.2) is 4.79 Å². The molecule has 0 aliphatic carbocycles. The highest BCUT2D eigenvalue weighted by atomic mass is 32.1. The van der Waals surface area contributed by atoms with Crippen LogP contribution in [0, 0.1) is 11.3 Å². The lowest BCUT2D eigenvalue weighted by Gasteiger charge is -2.26. The number of hydrogen-bond donors (Lipinski definition) is 2. The minimum Gasteiger partial charge on any atom is -0.494 e. The Morgan fingerprint density at radius 1 is 1.35 bits per heavy atom. The number of nitriles is 1. The van der Waals surface area contributed by atoms with Crippen molar-refractivity contribution in [2.24, 2.45) is 0 Å². The van der Waals surface area contributed by atoms with E-state index in [0.717, 1.165) is 21.8 Å². The van der Waals surface area contributed by atoms with Gasteiger partial charge < -0.3 is 24.8 Å². The van der Waals surface area contributed by atoms with Crippen molar-refractivity contribution in [3.05, 3.63) is 45.8 Å². The lowest BCUT2D eigenvalue weighted by molar-refractivity contribution is -0.116. The first-order chi connectivity index (χ1) is 15.1. The van der Waals surface area contributed by atoms with Crippen molar-refractivity contribution in [3.63, 3.8) is 0 Å². The SMILES string of the molecule is CCOc1ccccc1CCC(=O)Nc1sc2c(c1C#N)CCN(C(=O)OCCO)C2. The zero-order valence-electron chi connectivity index (χ0n) is 17.3. The van der Waals surface area contributed by atoms with Gasteiger partial charge in [0.1, 0.15) is 23.4 Å². The van der Waals surface area contributed by atoms with Gasteiger partial charge >= 0.3 is 6.09 Å². The highest BCUT2D eigenvalue weighted by Gasteiger charge is 2.28. The van der Waals surface area contributed by atoms with Gasteiger partial charge in [0.15, 0.2) is 0 Å². The number of thiophene rings is 1. The molecule has 1 aliphatic heterocycles. The van der Waals surface area contributed by atoms with E-state index in [9.17, 15) is 14.9 Å². The second-order valence-electron chi connectivity index (χ2n) is 6.92. The number of aliphatic hydroxyl groups is 1. The Labute approximate surface area is 185 Å². The molecular weight excluding hydrogens is 418 g/mol. The molecule has 31 heavy (non-hydrogen) atoms. The lowest BCUT2D eigenvalue weighted by atomic mass is 10.0. The van der Waals surface area contributed by atoms with Gasteiger partial charge in [-0.1, -0.05) is 18.2 Å². The summed E-state index contributed by atoms with van der Waals surface area (Å²) in [7, 11) is 0. The van der Waals surface area contributed by atoms with Crippen molar-refractivity contribution in [1.29, 1.82) is 5.26 Å². The van der Waals surface area contributed by atoms with E-state index < -0.39 is 6.09 Å². The van der Waals surface area contributed by atoms with Crippen LogP contribution >= 0.6 is 11.3 Å². The smallest absolute Gasteiger partial charge is 0.410 e. The summed E-state index contributed by atoms with van der Waals surface area (Å²) in [5.74, 6) is 0.593. The average Bonchev–Trinajstić information content (AvgIpc) is 3.12. The predicted molar refractivity (Wildman–Crippen MR) is 116 cm³/mol. The Morgan fingerprint density at radius 2 is 2.16 bits per heavy atom. The van der Waals surface area contributed by atoms with Crippen LogP contribution in [-0.2, 0) is 28.9 Å². The fourth-order valence-corrected chi connectivity index (χ4v) is 4.66. The van der Waals surface area contributed by atoms with Crippen LogP contribution in [0.3, 0.4) is 0 Å². The van der Waals surface area contributed by atoms with E-state index in [1.54, 1.807) is 0 Å². The summed E-state index contributed by atoms with van der Waals surface area (Å²) < 4.78 is 10.6. The molecular formula is C22H25N3O5S. The second kappa shape index (κ2) is 10.8. The van der Waals surface area contributed by atoms with E-state index in [-0.39, 0.29) is 25.5 Å². The molecule has 0 saturated heterocycles. The number of rotatable bonds is 8. The summed E-state index contributed by atoms with van der Waals surface area (Å²) in [6.07, 6.45) is 0.807. The summed E-state index contributed by atoms with van der Waals surface area (Å²) in [6.45, 7) is 2.93. The van der Waals surface area contributed by atoms with Crippen molar-refractivity contribution in [2.45, 2.75) is 32.7 Å². The van der Waals surface area contributed by atoms with Crippen LogP contribution in [0.15, 0.2) is 24.3 Å². The lowest BCUT2D eigenvalue weighted by Crippen LogP contribution is -2.36. The van der Waals surface area contributed by atoms with Crippen LogP contribution in [0.5, 0.6) is 5.75 Å². The van der Waals surface area contributed by atoms with Crippen molar-refractivity contribution in [1.82, 2.24) is 4.90 Å². The molecule has 0 saturated carbocycles. The van der Waals surface area contributed by atoms with Crippen molar-refractivity contribution < 1.29 is 24.2 Å². The number of benzene rings is 1. The Kier molecular flexibility index (Phi) is 7.87. The molecule has 164 valence electrons. The number of para-hydroxylation sites is 1. The van der Waals surface area contributed by atoms with E-state index in [0.29, 0.717) is 43.1 Å². The minimum absolute atomic E-state index is 0.0518. The van der Waals surface area contributed by atoms with E-state index in [1.165, 1.54) is 16.2 Å². The topological polar surface area (TPSA) is 112 Å². The van der Waals surface area contributed by atoms with E-state index in [2.05, 4.69) is 11.4 Å². The molecule has 1 aromatic carbocycles. The quantitative estimate of drug-likeness (QED) is 0.649. The maximum Gasteiger partial charge on any atom is 0.410 e. The minimum atomic E-state index is -0.495. The van der Waals surface area contributed by atoms with Crippen molar-refractivity contribution in [3.8, 4) is 11.8 Å². The van der Waals surface area contributed by atoms with E-state index >= 15 is 0 Å². The number of fused-ring (bicyclic) bond motifs is 1. The Hall–Kier alpha value is -3.09. The molecule has 0 unspecified atom stereocenters. The van der Waals surface area contributed by atoms with Gasteiger partial charge in [0.25, 0.3) is 0 Å². The van der Waals surface area contributed by atoms with E-state index in [1.807, 2.05) is 31.2 Å². The van der Waals surface area contributed by atoms with Crippen molar-refractivity contribution in [2.75, 3.05) is 31.7 Å². The fraction of sp³-hybridized carbons (Fsp3) is 0.409. The number of aryl methyl sites for hydroxylation is 1. The molecule has 0 fully saturated rings. The first kappa shape index (κ1) is 22.6. The average molecular weight is 444 g/mol. The molecule has 0 bridgehead atoms. The number of hydrogen-bond acceptors (Lipinski definition) is 7. The van der Waals surface area contributed by atoms with Crippen LogP contribution in [0.25, 0.3) is 0 Å². The molecule has 2 amide bonds. The van der Waals surface area contributed by atoms with Crippen LogP contribution in [-0.4, -0.2) is 48.4 Å². The fourth-order valence-electron chi connectivity index (χ4n) is 3.43. The van der Waals surface area contributed by atoms with Gasteiger partial charge in [0.05, 0.1) is 25.3 Å². The number of anilines is 1. The van der Waals surface area contributed by atoms with Crippen LogP contribution in [0.4, 0.5) is 9.80 Å². The molecule has 1 aromatic heterocycles. The van der Waals surface area contributed by atoms with Gasteiger partial charge in [-0.3, -0.25) is 4.79 Å². The summed E-state index contributed by atoms with van der Waals surface area (Å²) in [5.41, 5.74) is 2.30. The molecule has 0 radical (unpaired) electrons. The number of carbonyl (C=O) groups excluding carboxylic acids is 2. The Balaban J connectivity index is 1.65. The predicted octanol–water partition coefficient (Wildman–Crippen LogP) is 3.08. The maximum atomic E-state index is 12.6. The van der Waals surface area contributed by atoms with E-state index in [4.69, 9.17) is 14.6 Å². The number of aliphatic hydroxyl groups excluding tert-OH is 1. The summed E-state index contributed by atoms with van der Waals surface area (Å²) in [4.78, 5) is 27.0. The highest BCUT2D eigenvalue weighted by Crippen LogP contribution is 2.37. The number of ether oxygens (including phenoxy) is 2. The number of carbonyl (C=O) groups is 2. The number of nitrogens with zero attached hydrogens (tertiary/aromatic N) is 2. The van der Waals surface area contributed by atoms with Gasteiger partial charge in [-0.05, 0) is 37.0 Å². The van der Waals surface area contributed by atoms with Gasteiger partial charge in [0, 0.05) is 17.8 Å². The molecule has 0 spiro atoms. The normalized spacial score (nSPS) is 12.6. The Morgan fingerprint density at radius 3 is 2.90 bits per heavy atom. The first-order valence-electron chi connectivity index (χ1n) is 10.1. The largest absolute Gasteiger partial charge is 0.494 e. The van der Waals surface area contributed by atoms with Gasteiger partial charge in [-0.15, -0.1) is 11.3 Å². The van der Waals surface area contributed by atoms with Crippen LogP contribution in [0.2, 0.25) is 0 Å². The zero-order valence-corrected chi connectivity index (χ0v) is 18.2. The third-order valence-corrected chi connectivity index (χ3v) is 6.02. The maximum absolute atomic E-state index is 12.6. The molecule has 0 atom stereocenters. The summed E-state index contributed by atoms with van der Waals surface area (Å²) in [5, 5.41) is 21.8. The zero-order chi connectivity index (χ0) is 22.2. The first-order valence-corrected chi connectivity index (χ1v) is 11.0. The summed E-state index contributed by atoms with van der Waals surface area (Å²) in [6, 6.07) is 9.82. The third-order valence-electron chi connectivity index (χ3n) is 4.89. The highest BCUT2D eigenvalue weighted by molar-refractivity contribution is 7.16. The monoisotopic (exact) mass is 443 g/mol. The molecule has 9 heteroatoms. The van der Waals surface area contributed by atoms with Crippen molar-refractivity contribution >= 4 is 28.3 Å². The second-order valence-corrected chi connectivity index (χ2v) is 8.02. The molecule has 2 heterocycles. The van der Waals surface area contributed by atoms with Crippen LogP contribution < -0.4 is 10.1 Å². The van der Waals surface area contributed by atoms with Gasteiger partial charge in [0.2, 0.25) is 5.91 Å². The summed E-state index contributed by atoms with van der Waals surface area (Å²) >= 11 is 1.31. The number of nitrogens with one attached hydrogen (secondary N) is 1. The standard InChI is InChI=1S/C22H25N3O5S/c1-2-29-18-6-4-3-5-15(18)7-8-20(27)24-21-17(13-23)16-9-10-25(14-19(16)31-21)22(28)30-12-11-26/h3-6,26H,2,7-12,14H2,1H3,(H,24,27). The van der Waals surface area contributed by atoms with Crippen LogP contribution in [0.1, 0.15) is 34.9 Å². The van der Waals surface area contributed by atoms with Gasteiger partial charge in [-0.2, -0.15) is 5.26 Å². The molecule has 8 nitrogen and oxygen atoms in total. The molecule has 2 aromatic rings. The number of amides is 2. The Bertz CT molecular complexity index is 982.